The summed E-state index contributed by atoms with van der Waals surface area (Å²) in [6.07, 6.45) is 1.86. The Morgan fingerprint density at radius 3 is 2.00 bits per heavy atom. The number of hydrogen-bond donors (Lipinski definition) is 1. The van der Waals surface area contributed by atoms with Crippen molar-refractivity contribution in [2.45, 2.75) is 6.92 Å². The molecule has 0 spiro atoms. The fourth-order valence-corrected chi connectivity index (χ4v) is 0.407. The first-order chi connectivity index (χ1) is 3.13. The molecule has 2 heteroatoms. The van der Waals surface area contributed by atoms with Crippen LogP contribution in [0.1, 0.15) is 6.92 Å². The van der Waals surface area contributed by atoms with E-state index < -0.39 is 0 Å². The van der Waals surface area contributed by atoms with Gasteiger partial charge in [-0.25, -0.2) is 0 Å². The van der Waals surface area contributed by atoms with E-state index in [0.29, 0.717) is 0 Å². The van der Waals surface area contributed by atoms with Gasteiger partial charge in [-0.3, -0.25) is 0 Å². The van der Waals surface area contributed by atoms with Crippen LogP contribution >= 0.6 is 0 Å². The van der Waals surface area contributed by atoms with Crippen LogP contribution in [-0.2, 0) is 0 Å². The van der Waals surface area contributed by atoms with E-state index in [1.54, 1.807) is 0 Å². The molecule has 2 nitrogen and oxygen atoms in total. The summed E-state index contributed by atoms with van der Waals surface area (Å²) in [6.45, 7) is 1.86. The first-order valence-corrected chi connectivity index (χ1v) is 2.23. The molecule has 0 rings (SSSR count). The lowest BCUT2D eigenvalue weighted by atomic mass is 10.5. The van der Waals surface area contributed by atoms with E-state index >= 15 is 0 Å². The first-order valence-electron chi connectivity index (χ1n) is 2.23. The minimum Gasteiger partial charge on any atom is -0.401 e. The Bertz CT molecular complexity index is 70.1. The maximum absolute atomic E-state index is 5.31. The quantitative estimate of drug-likeness (QED) is 0.515. The first kappa shape index (κ1) is 6.34. The summed E-state index contributed by atoms with van der Waals surface area (Å²) in [5.41, 5.74) is 6.15. The Kier molecular flexibility index (Phi) is 2.27. The smallest absolute Gasteiger partial charge is 0.0210 e. The molecule has 0 radical (unpaired) electrons. The topological polar surface area (TPSA) is 29.3 Å². The average Bonchev–Trinajstić information content (AvgIpc) is 1.27. The third-order valence-electron chi connectivity index (χ3n) is 0.462. The zero-order valence-electron chi connectivity index (χ0n) is 5.10. The predicted octanol–water partition coefficient (Wildman–Crippen LogP) is 0.368. The summed E-state index contributed by atoms with van der Waals surface area (Å²) in [7, 11) is 3.88. The minimum absolute atomic E-state index is 0.838. The van der Waals surface area contributed by atoms with Crippen LogP contribution in [-0.4, -0.2) is 19.0 Å². The molecule has 0 aliphatic rings. The summed E-state index contributed by atoms with van der Waals surface area (Å²) < 4.78 is 0. The fourth-order valence-electron chi connectivity index (χ4n) is 0.407. The van der Waals surface area contributed by atoms with E-state index in [-0.39, 0.29) is 0 Å². The van der Waals surface area contributed by atoms with Crippen molar-refractivity contribution in [1.82, 2.24) is 4.90 Å². The number of nitrogens with zero attached hydrogens (tertiary/aromatic N) is 1. The highest BCUT2D eigenvalue weighted by Crippen LogP contribution is 1.80. The monoisotopic (exact) mass is 100 g/mol. The summed E-state index contributed by atoms with van der Waals surface area (Å²) in [5, 5.41) is 0. The van der Waals surface area contributed by atoms with E-state index in [1.165, 1.54) is 0 Å². The van der Waals surface area contributed by atoms with E-state index in [2.05, 4.69) is 0 Å². The Hall–Kier alpha value is -0.660. The second-order valence-corrected chi connectivity index (χ2v) is 1.84. The summed E-state index contributed by atoms with van der Waals surface area (Å²) in [4.78, 5) is 1.91. The molecule has 0 atom stereocenters. The second kappa shape index (κ2) is 2.50. The van der Waals surface area contributed by atoms with Gasteiger partial charge in [0.15, 0.2) is 0 Å². The Morgan fingerprint density at radius 2 is 2.00 bits per heavy atom. The predicted molar refractivity (Wildman–Crippen MR) is 31.6 cm³/mol. The van der Waals surface area contributed by atoms with Gasteiger partial charge < -0.3 is 10.6 Å². The van der Waals surface area contributed by atoms with Crippen LogP contribution in [0.4, 0.5) is 0 Å². The normalized spacial score (nSPS) is 11.6. The maximum Gasteiger partial charge on any atom is 0.0210 e. The van der Waals surface area contributed by atoms with Gasteiger partial charge in [0.1, 0.15) is 0 Å². The van der Waals surface area contributed by atoms with Crippen molar-refractivity contribution < 1.29 is 0 Å². The highest BCUT2D eigenvalue weighted by molar-refractivity contribution is 4.88. The fraction of sp³-hybridized carbons (Fsp3) is 0.600. The molecular formula is C5H12N2. The van der Waals surface area contributed by atoms with Crippen molar-refractivity contribution in [3.63, 3.8) is 0 Å². The maximum atomic E-state index is 5.31. The van der Waals surface area contributed by atoms with Gasteiger partial charge in [0.05, 0.1) is 0 Å². The summed E-state index contributed by atoms with van der Waals surface area (Å²) in [6, 6.07) is 0. The Morgan fingerprint density at radius 1 is 1.57 bits per heavy atom. The van der Waals surface area contributed by atoms with Crippen molar-refractivity contribution in [3.8, 4) is 0 Å². The van der Waals surface area contributed by atoms with Crippen LogP contribution in [0.25, 0.3) is 0 Å². The molecule has 0 bridgehead atoms. The number of nitrogens with two attached hydrogens (primary N) is 1. The lowest BCUT2D eigenvalue weighted by molar-refractivity contribution is 0.557. The molecule has 42 valence electrons. The van der Waals surface area contributed by atoms with Crippen LogP contribution in [0.3, 0.4) is 0 Å². The molecule has 0 heterocycles. The molecule has 2 N–H and O–H groups in total. The lowest BCUT2D eigenvalue weighted by Gasteiger charge is -2.03. The van der Waals surface area contributed by atoms with Gasteiger partial charge in [0.2, 0.25) is 0 Å². The molecule has 0 aliphatic heterocycles. The van der Waals surface area contributed by atoms with Crippen molar-refractivity contribution in [2.24, 2.45) is 5.73 Å². The molecule has 7 heavy (non-hydrogen) atoms. The van der Waals surface area contributed by atoms with Gasteiger partial charge >= 0.3 is 0 Å². The number of rotatable bonds is 1. The van der Waals surface area contributed by atoms with Crippen LogP contribution in [0, 0.1) is 0 Å². The molecule has 0 aliphatic carbocycles. The standard InChI is InChI=1S/C5H12N2/c1-5(6)4-7(2)3/h4H,6H2,1-3H3/b5-4-. The Balaban J connectivity index is 3.45. The SMILES string of the molecule is C/C(N)=C/N(C)C. The molecular weight excluding hydrogens is 88.1 g/mol. The van der Waals surface area contributed by atoms with Crippen LogP contribution in [0.5, 0.6) is 0 Å². The molecule has 0 aromatic carbocycles. The largest absolute Gasteiger partial charge is 0.401 e. The molecule has 0 saturated carbocycles. The van der Waals surface area contributed by atoms with Gasteiger partial charge in [-0.15, -0.1) is 0 Å². The minimum atomic E-state index is 0.838. The van der Waals surface area contributed by atoms with E-state index in [0.717, 1.165) is 5.70 Å². The van der Waals surface area contributed by atoms with E-state index in [4.69, 9.17) is 5.73 Å². The zero-order chi connectivity index (χ0) is 5.86. The highest BCUT2D eigenvalue weighted by atomic mass is 15.0. The summed E-state index contributed by atoms with van der Waals surface area (Å²) >= 11 is 0. The van der Waals surface area contributed by atoms with Crippen molar-refractivity contribution >= 4 is 0 Å². The molecule has 0 fully saturated rings. The van der Waals surface area contributed by atoms with Crippen molar-refractivity contribution in [1.29, 1.82) is 0 Å². The highest BCUT2D eigenvalue weighted by Gasteiger charge is 1.75. The van der Waals surface area contributed by atoms with Crippen LogP contribution in [0.15, 0.2) is 11.9 Å². The molecule has 0 saturated heterocycles. The molecule has 0 aromatic rings. The van der Waals surface area contributed by atoms with E-state index in [9.17, 15) is 0 Å². The lowest BCUT2D eigenvalue weighted by Crippen LogP contribution is -2.05. The van der Waals surface area contributed by atoms with Gasteiger partial charge in [0.25, 0.3) is 0 Å². The van der Waals surface area contributed by atoms with Crippen LogP contribution < -0.4 is 5.73 Å². The second-order valence-electron chi connectivity index (χ2n) is 1.84. The third-order valence-corrected chi connectivity index (χ3v) is 0.462. The van der Waals surface area contributed by atoms with Crippen molar-refractivity contribution in [2.75, 3.05) is 14.1 Å². The molecule has 0 aromatic heterocycles. The van der Waals surface area contributed by atoms with Crippen molar-refractivity contribution in [3.05, 3.63) is 11.9 Å². The number of allylic oxidation sites excluding steroid dienone is 1. The van der Waals surface area contributed by atoms with Crippen LogP contribution in [0.2, 0.25) is 0 Å². The Labute approximate surface area is 44.6 Å². The average molecular weight is 100 g/mol. The number of hydrogen-bond acceptors (Lipinski definition) is 2. The van der Waals surface area contributed by atoms with Gasteiger partial charge in [-0.1, -0.05) is 0 Å². The zero-order valence-corrected chi connectivity index (χ0v) is 5.10. The van der Waals surface area contributed by atoms with Gasteiger partial charge in [0, 0.05) is 26.0 Å². The van der Waals surface area contributed by atoms with Gasteiger partial charge in [-0.2, -0.15) is 0 Å². The summed E-state index contributed by atoms with van der Waals surface area (Å²) in [5.74, 6) is 0. The third kappa shape index (κ3) is 5.34. The molecule has 0 amide bonds. The van der Waals surface area contributed by atoms with E-state index in [1.807, 2.05) is 32.1 Å². The molecule has 0 unspecified atom stereocenters. The van der Waals surface area contributed by atoms with Gasteiger partial charge in [-0.05, 0) is 6.92 Å².